The maximum atomic E-state index is 5.45. The van der Waals surface area contributed by atoms with Crippen LogP contribution in [0.1, 0.15) is 31.4 Å². The van der Waals surface area contributed by atoms with Crippen molar-refractivity contribution < 1.29 is 9.47 Å². The molecule has 0 amide bonds. The maximum Gasteiger partial charge on any atom is 0.127 e. The SMILES string of the molecule is COc1ccc(C(C)NCC2CCCN2)c(OC)c1. The van der Waals surface area contributed by atoms with Crippen molar-refractivity contribution in [2.75, 3.05) is 27.3 Å². The first-order valence-corrected chi connectivity index (χ1v) is 6.93. The van der Waals surface area contributed by atoms with Gasteiger partial charge in [0.1, 0.15) is 11.5 Å². The van der Waals surface area contributed by atoms with Gasteiger partial charge in [0, 0.05) is 30.3 Å². The van der Waals surface area contributed by atoms with Gasteiger partial charge in [-0.2, -0.15) is 0 Å². The van der Waals surface area contributed by atoms with Crippen LogP contribution in [0.2, 0.25) is 0 Å². The highest BCUT2D eigenvalue weighted by Crippen LogP contribution is 2.29. The van der Waals surface area contributed by atoms with Gasteiger partial charge < -0.3 is 20.1 Å². The minimum atomic E-state index is 0.267. The van der Waals surface area contributed by atoms with Gasteiger partial charge in [-0.05, 0) is 32.4 Å². The molecule has 1 aromatic rings. The van der Waals surface area contributed by atoms with Crippen molar-refractivity contribution in [1.29, 1.82) is 0 Å². The summed E-state index contributed by atoms with van der Waals surface area (Å²) >= 11 is 0. The van der Waals surface area contributed by atoms with E-state index < -0.39 is 0 Å². The highest BCUT2D eigenvalue weighted by Gasteiger charge is 2.17. The Morgan fingerprint density at radius 1 is 1.37 bits per heavy atom. The molecule has 0 spiro atoms. The van der Waals surface area contributed by atoms with E-state index in [1.807, 2.05) is 12.1 Å². The summed E-state index contributed by atoms with van der Waals surface area (Å²) in [6.07, 6.45) is 2.55. The van der Waals surface area contributed by atoms with Crippen molar-refractivity contribution in [3.63, 3.8) is 0 Å². The first-order valence-electron chi connectivity index (χ1n) is 6.93. The second-order valence-electron chi connectivity index (χ2n) is 5.03. The van der Waals surface area contributed by atoms with Crippen LogP contribution in [0, 0.1) is 0 Å². The molecular weight excluding hydrogens is 240 g/mol. The molecule has 1 aromatic carbocycles. The second kappa shape index (κ2) is 6.78. The largest absolute Gasteiger partial charge is 0.497 e. The summed E-state index contributed by atoms with van der Waals surface area (Å²) in [7, 11) is 3.37. The second-order valence-corrected chi connectivity index (χ2v) is 5.03. The van der Waals surface area contributed by atoms with Gasteiger partial charge in [0.05, 0.1) is 14.2 Å². The molecule has 0 aromatic heterocycles. The summed E-state index contributed by atoms with van der Waals surface area (Å²) in [6, 6.07) is 6.85. The number of hydrogen-bond acceptors (Lipinski definition) is 4. The highest BCUT2D eigenvalue weighted by atomic mass is 16.5. The zero-order chi connectivity index (χ0) is 13.7. The van der Waals surface area contributed by atoms with E-state index >= 15 is 0 Å². The molecule has 0 aliphatic carbocycles. The van der Waals surface area contributed by atoms with Gasteiger partial charge in [0.15, 0.2) is 0 Å². The van der Waals surface area contributed by atoms with Crippen molar-refractivity contribution in [3.05, 3.63) is 23.8 Å². The summed E-state index contributed by atoms with van der Waals surface area (Å²) in [5.41, 5.74) is 1.17. The molecule has 0 bridgehead atoms. The molecular formula is C15H24N2O2. The van der Waals surface area contributed by atoms with Crippen LogP contribution in [0.3, 0.4) is 0 Å². The third-order valence-electron chi connectivity index (χ3n) is 3.74. The molecule has 1 fully saturated rings. The lowest BCUT2D eigenvalue weighted by Gasteiger charge is -2.20. The third kappa shape index (κ3) is 3.61. The van der Waals surface area contributed by atoms with E-state index in [4.69, 9.17) is 9.47 Å². The molecule has 2 atom stereocenters. The molecule has 2 unspecified atom stereocenters. The fraction of sp³-hybridized carbons (Fsp3) is 0.600. The topological polar surface area (TPSA) is 42.5 Å². The van der Waals surface area contributed by atoms with Gasteiger partial charge in [0.25, 0.3) is 0 Å². The third-order valence-corrected chi connectivity index (χ3v) is 3.74. The van der Waals surface area contributed by atoms with Crippen molar-refractivity contribution in [2.45, 2.75) is 31.8 Å². The summed E-state index contributed by atoms with van der Waals surface area (Å²) < 4.78 is 10.7. The minimum absolute atomic E-state index is 0.267. The summed E-state index contributed by atoms with van der Waals surface area (Å²) in [5.74, 6) is 1.70. The number of hydrogen-bond donors (Lipinski definition) is 2. The van der Waals surface area contributed by atoms with Crippen LogP contribution in [0.15, 0.2) is 18.2 Å². The van der Waals surface area contributed by atoms with E-state index in [-0.39, 0.29) is 6.04 Å². The van der Waals surface area contributed by atoms with E-state index in [1.165, 1.54) is 18.4 Å². The molecule has 1 aliphatic rings. The Balaban J connectivity index is 1.98. The zero-order valence-electron chi connectivity index (χ0n) is 12.0. The predicted molar refractivity (Wildman–Crippen MR) is 77.0 cm³/mol. The molecule has 19 heavy (non-hydrogen) atoms. The maximum absolute atomic E-state index is 5.45. The van der Waals surface area contributed by atoms with Gasteiger partial charge in [0.2, 0.25) is 0 Å². The number of ether oxygens (including phenoxy) is 2. The lowest BCUT2D eigenvalue weighted by molar-refractivity contribution is 0.384. The average Bonchev–Trinajstić information content (AvgIpc) is 2.97. The van der Waals surface area contributed by atoms with Gasteiger partial charge in [-0.25, -0.2) is 0 Å². The molecule has 0 saturated carbocycles. The van der Waals surface area contributed by atoms with E-state index in [0.717, 1.165) is 24.6 Å². The number of methoxy groups -OCH3 is 2. The minimum Gasteiger partial charge on any atom is -0.497 e. The first kappa shape index (κ1) is 14.2. The Kier molecular flexibility index (Phi) is 5.05. The van der Waals surface area contributed by atoms with Gasteiger partial charge in [-0.3, -0.25) is 0 Å². The van der Waals surface area contributed by atoms with Crippen molar-refractivity contribution >= 4 is 0 Å². The quantitative estimate of drug-likeness (QED) is 0.826. The van der Waals surface area contributed by atoms with Gasteiger partial charge >= 0.3 is 0 Å². The Bertz CT molecular complexity index is 403. The number of rotatable bonds is 6. The van der Waals surface area contributed by atoms with Crippen LogP contribution >= 0.6 is 0 Å². The molecule has 2 N–H and O–H groups in total. The molecule has 1 heterocycles. The van der Waals surface area contributed by atoms with Crippen LogP contribution in [-0.2, 0) is 0 Å². The van der Waals surface area contributed by atoms with Gasteiger partial charge in [-0.1, -0.05) is 6.07 Å². The van der Waals surface area contributed by atoms with Crippen molar-refractivity contribution in [2.24, 2.45) is 0 Å². The standard InChI is InChI=1S/C15H24N2O2/c1-11(17-10-12-5-4-8-16-12)14-7-6-13(18-2)9-15(14)19-3/h6-7,9,11-12,16-17H,4-5,8,10H2,1-3H3. The lowest BCUT2D eigenvalue weighted by Crippen LogP contribution is -2.35. The highest BCUT2D eigenvalue weighted by molar-refractivity contribution is 5.42. The molecule has 1 aliphatic heterocycles. The Labute approximate surface area is 115 Å². The smallest absolute Gasteiger partial charge is 0.127 e. The normalized spacial score (nSPS) is 20.3. The molecule has 4 nitrogen and oxygen atoms in total. The summed E-state index contributed by atoms with van der Waals surface area (Å²) in [5, 5.41) is 7.07. The van der Waals surface area contributed by atoms with E-state index in [1.54, 1.807) is 14.2 Å². The monoisotopic (exact) mass is 264 g/mol. The molecule has 106 valence electrons. The van der Waals surface area contributed by atoms with Crippen LogP contribution in [0.5, 0.6) is 11.5 Å². The van der Waals surface area contributed by atoms with Crippen LogP contribution in [0.4, 0.5) is 0 Å². The molecule has 1 saturated heterocycles. The lowest BCUT2D eigenvalue weighted by atomic mass is 10.1. The Morgan fingerprint density at radius 3 is 2.84 bits per heavy atom. The Hall–Kier alpha value is -1.26. The first-order chi connectivity index (χ1) is 9.24. The van der Waals surface area contributed by atoms with Crippen LogP contribution in [0.25, 0.3) is 0 Å². The fourth-order valence-electron chi connectivity index (χ4n) is 2.54. The fourth-order valence-corrected chi connectivity index (χ4v) is 2.54. The van der Waals surface area contributed by atoms with Crippen molar-refractivity contribution in [1.82, 2.24) is 10.6 Å². The molecule has 4 heteroatoms. The summed E-state index contributed by atoms with van der Waals surface area (Å²) in [6.45, 7) is 4.31. The van der Waals surface area contributed by atoms with E-state index in [2.05, 4.69) is 23.6 Å². The van der Waals surface area contributed by atoms with E-state index in [0.29, 0.717) is 6.04 Å². The molecule has 2 rings (SSSR count). The van der Waals surface area contributed by atoms with Gasteiger partial charge in [-0.15, -0.1) is 0 Å². The Morgan fingerprint density at radius 2 is 2.21 bits per heavy atom. The van der Waals surface area contributed by atoms with E-state index in [9.17, 15) is 0 Å². The van der Waals surface area contributed by atoms with Crippen LogP contribution in [-0.4, -0.2) is 33.4 Å². The molecule has 0 radical (unpaired) electrons. The number of benzene rings is 1. The summed E-state index contributed by atoms with van der Waals surface area (Å²) in [4.78, 5) is 0. The van der Waals surface area contributed by atoms with Crippen LogP contribution < -0.4 is 20.1 Å². The predicted octanol–water partition coefficient (Wildman–Crippen LogP) is 2.11. The number of nitrogens with one attached hydrogen (secondary N) is 2. The zero-order valence-corrected chi connectivity index (χ0v) is 12.0. The average molecular weight is 264 g/mol. The van der Waals surface area contributed by atoms with Crippen molar-refractivity contribution in [3.8, 4) is 11.5 Å².